The molecule has 1 atom stereocenters. The Hall–Kier alpha value is -0.780. The van der Waals surface area contributed by atoms with Gasteiger partial charge in [0.05, 0.1) is 13.7 Å². The third kappa shape index (κ3) is 6.51. The summed E-state index contributed by atoms with van der Waals surface area (Å²) in [6, 6.07) is 0. The van der Waals surface area contributed by atoms with E-state index in [1.807, 2.05) is 6.92 Å². The minimum Gasteiger partial charge on any atom is -0.468 e. The van der Waals surface area contributed by atoms with Crippen molar-refractivity contribution in [2.75, 3.05) is 13.7 Å². The summed E-state index contributed by atoms with van der Waals surface area (Å²) in [5, 5.41) is 2.25. The van der Waals surface area contributed by atoms with Crippen molar-refractivity contribution in [1.29, 1.82) is 0 Å². The lowest BCUT2D eigenvalue weighted by atomic mass is 9.94. The average Bonchev–Trinajstić information content (AvgIpc) is 2.25. The summed E-state index contributed by atoms with van der Waals surface area (Å²) in [6.45, 7) is 2.24. The molecular formula is C11H20F3NO2. The lowest BCUT2D eigenvalue weighted by Crippen LogP contribution is -2.53. The Morgan fingerprint density at radius 2 is 1.88 bits per heavy atom. The van der Waals surface area contributed by atoms with E-state index in [1.54, 1.807) is 0 Å². The first kappa shape index (κ1) is 16.2. The highest BCUT2D eigenvalue weighted by molar-refractivity contribution is 5.80. The van der Waals surface area contributed by atoms with E-state index in [0.29, 0.717) is 12.8 Å². The maximum atomic E-state index is 12.1. The molecule has 0 spiro atoms. The van der Waals surface area contributed by atoms with E-state index >= 15 is 0 Å². The van der Waals surface area contributed by atoms with Gasteiger partial charge in [0.2, 0.25) is 0 Å². The van der Waals surface area contributed by atoms with E-state index in [9.17, 15) is 18.0 Å². The number of hydrogen-bond acceptors (Lipinski definition) is 3. The fourth-order valence-corrected chi connectivity index (χ4v) is 1.51. The Labute approximate surface area is 99.7 Å². The van der Waals surface area contributed by atoms with Crippen molar-refractivity contribution in [3.05, 3.63) is 0 Å². The zero-order valence-electron chi connectivity index (χ0n) is 10.5. The summed E-state index contributed by atoms with van der Waals surface area (Å²) in [6.07, 6.45) is -1.49. The number of ether oxygens (including phenoxy) is 1. The van der Waals surface area contributed by atoms with E-state index in [4.69, 9.17) is 0 Å². The van der Waals surface area contributed by atoms with Gasteiger partial charge >= 0.3 is 12.1 Å². The van der Waals surface area contributed by atoms with Gasteiger partial charge < -0.3 is 4.74 Å². The topological polar surface area (TPSA) is 38.3 Å². The first-order chi connectivity index (χ1) is 7.75. The first-order valence-electron chi connectivity index (χ1n) is 5.65. The van der Waals surface area contributed by atoms with E-state index in [1.165, 1.54) is 14.0 Å². The van der Waals surface area contributed by atoms with Crippen molar-refractivity contribution >= 4 is 5.97 Å². The maximum absolute atomic E-state index is 12.1. The van der Waals surface area contributed by atoms with Crippen LogP contribution in [0, 0.1) is 0 Å². The molecule has 1 N–H and O–H groups in total. The number of methoxy groups -OCH3 is 1. The van der Waals surface area contributed by atoms with E-state index in [-0.39, 0.29) is 0 Å². The molecule has 6 heteroatoms. The molecule has 0 aromatic heterocycles. The summed E-state index contributed by atoms with van der Waals surface area (Å²) in [5.41, 5.74) is -1.26. The van der Waals surface area contributed by atoms with Crippen molar-refractivity contribution < 1.29 is 22.7 Å². The molecule has 0 rings (SSSR count). The second kappa shape index (κ2) is 6.83. The van der Waals surface area contributed by atoms with Crippen LogP contribution in [0.3, 0.4) is 0 Å². The van der Waals surface area contributed by atoms with Gasteiger partial charge in [0.15, 0.2) is 0 Å². The normalized spacial score (nSPS) is 15.4. The summed E-state index contributed by atoms with van der Waals surface area (Å²) in [5.74, 6) is -0.655. The van der Waals surface area contributed by atoms with Crippen LogP contribution in [0.15, 0.2) is 0 Å². The van der Waals surface area contributed by atoms with Crippen molar-refractivity contribution in [1.82, 2.24) is 5.32 Å². The van der Waals surface area contributed by atoms with Crippen LogP contribution in [0.2, 0.25) is 0 Å². The van der Waals surface area contributed by atoms with Gasteiger partial charge in [-0.25, -0.2) is 0 Å². The zero-order chi connectivity index (χ0) is 13.5. The molecule has 0 amide bonds. The van der Waals surface area contributed by atoms with Crippen molar-refractivity contribution in [3.63, 3.8) is 0 Å². The van der Waals surface area contributed by atoms with E-state index < -0.39 is 24.2 Å². The van der Waals surface area contributed by atoms with Gasteiger partial charge in [0.1, 0.15) is 5.54 Å². The highest BCUT2D eigenvalue weighted by atomic mass is 19.4. The molecule has 0 heterocycles. The standard InChI is InChI=1S/C11H20F3NO2/c1-4-5-6-7-10(2,9(16)17-3)15-8-11(12,13)14/h15H,4-8H2,1-3H3. The first-order valence-corrected chi connectivity index (χ1v) is 5.65. The smallest absolute Gasteiger partial charge is 0.401 e. The van der Waals surface area contributed by atoms with Crippen LogP contribution in [0.4, 0.5) is 13.2 Å². The molecule has 0 saturated carbocycles. The third-order valence-electron chi connectivity index (χ3n) is 2.60. The van der Waals surface area contributed by atoms with Gasteiger partial charge in [0, 0.05) is 0 Å². The van der Waals surface area contributed by atoms with Gasteiger partial charge in [-0.3, -0.25) is 10.1 Å². The summed E-state index contributed by atoms with van der Waals surface area (Å²) in [7, 11) is 1.18. The quantitative estimate of drug-likeness (QED) is 0.561. The Balaban J connectivity index is 4.45. The molecule has 1 unspecified atom stereocenters. The lowest BCUT2D eigenvalue weighted by molar-refractivity contribution is -0.153. The van der Waals surface area contributed by atoms with Gasteiger partial charge in [0.25, 0.3) is 0 Å². The fourth-order valence-electron chi connectivity index (χ4n) is 1.51. The van der Waals surface area contributed by atoms with Crippen LogP contribution in [-0.2, 0) is 9.53 Å². The summed E-state index contributed by atoms with van der Waals surface area (Å²) >= 11 is 0. The van der Waals surface area contributed by atoms with Crippen molar-refractivity contribution in [3.8, 4) is 0 Å². The number of nitrogens with one attached hydrogen (secondary N) is 1. The number of rotatable bonds is 7. The third-order valence-corrected chi connectivity index (χ3v) is 2.60. The number of esters is 1. The van der Waals surface area contributed by atoms with Gasteiger partial charge in [-0.2, -0.15) is 13.2 Å². The second-order valence-electron chi connectivity index (χ2n) is 4.25. The molecule has 17 heavy (non-hydrogen) atoms. The molecule has 0 aliphatic heterocycles. The minimum atomic E-state index is -4.33. The minimum absolute atomic E-state index is 0.337. The van der Waals surface area contributed by atoms with Crippen LogP contribution in [0.1, 0.15) is 39.5 Å². The Morgan fingerprint density at radius 1 is 1.29 bits per heavy atom. The monoisotopic (exact) mass is 255 g/mol. The SMILES string of the molecule is CCCCCC(C)(NCC(F)(F)F)C(=O)OC. The van der Waals surface area contributed by atoms with Crippen LogP contribution >= 0.6 is 0 Å². The molecule has 0 aliphatic rings. The predicted molar refractivity (Wildman–Crippen MR) is 58.6 cm³/mol. The summed E-state index contributed by atoms with van der Waals surface area (Å²) in [4.78, 5) is 11.5. The lowest BCUT2D eigenvalue weighted by Gasteiger charge is -2.28. The van der Waals surface area contributed by atoms with Gasteiger partial charge in [-0.05, 0) is 13.3 Å². The molecule has 0 radical (unpaired) electrons. The van der Waals surface area contributed by atoms with Crippen LogP contribution < -0.4 is 5.32 Å². The molecule has 3 nitrogen and oxygen atoms in total. The number of unbranched alkanes of at least 4 members (excludes halogenated alkanes) is 2. The largest absolute Gasteiger partial charge is 0.468 e. The zero-order valence-corrected chi connectivity index (χ0v) is 10.5. The molecule has 102 valence electrons. The molecule has 0 aromatic rings. The molecule has 0 aromatic carbocycles. The fraction of sp³-hybridized carbons (Fsp3) is 0.909. The highest BCUT2D eigenvalue weighted by Gasteiger charge is 2.38. The van der Waals surface area contributed by atoms with Crippen molar-refractivity contribution in [2.24, 2.45) is 0 Å². The maximum Gasteiger partial charge on any atom is 0.401 e. The van der Waals surface area contributed by atoms with Crippen LogP contribution in [0.25, 0.3) is 0 Å². The van der Waals surface area contributed by atoms with Crippen LogP contribution in [-0.4, -0.2) is 31.3 Å². The number of carbonyl (C=O) groups excluding carboxylic acids is 1. The number of halogens is 3. The number of carbonyl (C=O) groups is 1. The molecule has 0 fully saturated rings. The highest BCUT2D eigenvalue weighted by Crippen LogP contribution is 2.20. The molecule has 0 saturated heterocycles. The molecule has 0 aliphatic carbocycles. The Morgan fingerprint density at radius 3 is 2.29 bits per heavy atom. The van der Waals surface area contributed by atoms with Gasteiger partial charge in [-0.1, -0.05) is 26.2 Å². The number of alkyl halides is 3. The van der Waals surface area contributed by atoms with Crippen molar-refractivity contribution in [2.45, 2.75) is 51.2 Å². The molecular weight excluding hydrogens is 235 g/mol. The van der Waals surface area contributed by atoms with Crippen LogP contribution in [0.5, 0.6) is 0 Å². The van der Waals surface area contributed by atoms with Gasteiger partial charge in [-0.15, -0.1) is 0 Å². The molecule has 0 bridgehead atoms. The number of hydrogen-bond donors (Lipinski definition) is 1. The van der Waals surface area contributed by atoms with E-state index in [0.717, 1.165) is 12.8 Å². The average molecular weight is 255 g/mol. The predicted octanol–water partition coefficient (Wildman–Crippen LogP) is 2.65. The van der Waals surface area contributed by atoms with E-state index in [2.05, 4.69) is 10.1 Å². The summed E-state index contributed by atoms with van der Waals surface area (Å²) < 4.78 is 40.9. The second-order valence-corrected chi connectivity index (χ2v) is 4.25. The Kier molecular flexibility index (Phi) is 6.52. The Bertz CT molecular complexity index is 243.